The molecular formula is C10H19NO3. The van der Waals surface area contributed by atoms with Crippen LogP contribution in [-0.4, -0.2) is 24.0 Å². The summed E-state index contributed by atoms with van der Waals surface area (Å²) in [7, 11) is 0. The number of ketones is 1. The average Bonchev–Trinajstić information content (AvgIpc) is 2.00. The molecule has 1 amide bonds. The molecule has 82 valence electrons. The molecule has 1 atom stereocenters. The van der Waals surface area contributed by atoms with E-state index in [-0.39, 0.29) is 17.8 Å². The first-order valence-corrected chi connectivity index (χ1v) is 4.85. The Hall–Kier alpha value is -1.06. The molecule has 0 saturated heterocycles. The van der Waals surface area contributed by atoms with Gasteiger partial charge in [-0.3, -0.25) is 4.79 Å². The molecule has 0 aliphatic heterocycles. The Balaban J connectivity index is 4.00. The molecule has 0 bridgehead atoms. The number of amides is 1. The highest BCUT2D eigenvalue weighted by Crippen LogP contribution is 2.00. The van der Waals surface area contributed by atoms with Crippen molar-refractivity contribution in [3.8, 4) is 0 Å². The van der Waals surface area contributed by atoms with E-state index in [2.05, 4.69) is 5.32 Å². The fourth-order valence-corrected chi connectivity index (χ4v) is 0.996. The Labute approximate surface area is 85.0 Å². The zero-order chi connectivity index (χ0) is 11.3. The maximum absolute atomic E-state index is 11.4. The van der Waals surface area contributed by atoms with Gasteiger partial charge in [-0.1, -0.05) is 13.8 Å². The molecule has 0 spiro atoms. The van der Waals surface area contributed by atoms with Crippen molar-refractivity contribution >= 4 is 11.9 Å². The van der Waals surface area contributed by atoms with Crippen molar-refractivity contribution in [2.24, 2.45) is 5.92 Å². The van der Waals surface area contributed by atoms with Crippen LogP contribution in [0, 0.1) is 5.92 Å². The summed E-state index contributed by atoms with van der Waals surface area (Å²) in [6.45, 7) is 8.77. The molecule has 0 aromatic heterocycles. The van der Waals surface area contributed by atoms with E-state index in [1.807, 2.05) is 0 Å². The number of rotatable bonds is 4. The Morgan fingerprint density at radius 3 is 1.93 bits per heavy atom. The van der Waals surface area contributed by atoms with Gasteiger partial charge in [-0.2, -0.15) is 0 Å². The number of carbonyl (C=O) groups excluding carboxylic acids is 2. The summed E-state index contributed by atoms with van der Waals surface area (Å²) in [5, 5.41) is 2.48. The van der Waals surface area contributed by atoms with E-state index in [9.17, 15) is 9.59 Å². The van der Waals surface area contributed by atoms with Gasteiger partial charge in [-0.25, -0.2) is 4.79 Å². The molecule has 0 rings (SSSR count). The lowest BCUT2D eigenvalue weighted by atomic mass is 10.0. The summed E-state index contributed by atoms with van der Waals surface area (Å²) < 4.78 is 4.85. The van der Waals surface area contributed by atoms with Crippen LogP contribution >= 0.6 is 0 Å². The Kier molecular flexibility index (Phi) is 5.20. The Bertz CT molecular complexity index is 211. The average molecular weight is 201 g/mol. The van der Waals surface area contributed by atoms with Gasteiger partial charge >= 0.3 is 6.09 Å². The van der Waals surface area contributed by atoms with Crippen molar-refractivity contribution in [2.45, 2.75) is 46.8 Å². The van der Waals surface area contributed by atoms with Gasteiger partial charge in [0.15, 0.2) is 5.78 Å². The number of hydrogen-bond acceptors (Lipinski definition) is 3. The highest BCUT2D eigenvalue weighted by molar-refractivity contribution is 5.88. The third kappa shape index (κ3) is 4.84. The van der Waals surface area contributed by atoms with Crippen LogP contribution in [-0.2, 0) is 9.53 Å². The zero-order valence-corrected chi connectivity index (χ0v) is 9.46. The fourth-order valence-electron chi connectivity index (χ4n) is 0.996. The summed E-state index contributed by atoms with van der Waals surface area (Å²) >= 11 is 0. The van der Waals surface area contributed by atoms with Crippen molar-refractivity contribution in [2.75, 3.05) is 0 Å². The van der Waals surface area contributed by atoms with Crippen LogP contribution in [0.15, 0.2) is 0 Å². The number of nitrogens with one attached hydrogen (secondary N) is 1. The van der Waals surface area contributed by atoms with E-state index in [1.54, 1.807) is 34.6 Å². The van der Waals surface area contributed by atoms with E-state index in [0.717, 1.165) is 0 Å². The maximum Gasteiger partial charge on any atom is 0.407 e. The first-order chi connectivity index (χ1) is 6.34. The summed E-state index contributed by atoms with van der Waals surface area (Å²) in [4.78, 5) is 22.5. The highest BCUT2D eigenvalue weighted by atomic mass is 16.6. The number of Topliss-reactive ketones (excluding diaryl/α,β-unsaturated/α-hetero) is 1. The van der Waals surface area contributed by atoms with Crippen LogP contribution in [0.1, 0.15) is 34.6 Å². The van der Waals surface area contributed by atoms with Crippen molar-refractivity contribution < 1.29 is 14.3 Å². The summed E-state index contributed by atoms with van der Waals surface area (Å²) in [5.41, 5.74) is 0. The summed E-state index contributed by atoms with van der Waals surface area (Å²) in [5.74, 6) is -0.0740. The minimum atomic E-state index is -0.540. The number of alkyl carbamates (subject to hydrolysis) is 1. The van der Waals surface area contributed by atoms with Gasteiger partial charge in [0.25, 0.3) is 0 Å². The van der Waals surface area contributed by atoms with Gasteiger partial charge in [0, 0.05) is 5.92 Å². The molecule has 0 radical (unpaired) electrons. The number of hydrogen-bond donors (Lipinski definition) is 1. The van der Waals surface area contributed by atoms with Crippen molar-refractivity contribution in [1.29, 1.82) is 0 Å². The standard InChI is InChI=1S/C10H19NO3/c1-6(2)9(12)8(5)11-10(13)14-7(3)4/h6-8H,1-5H3,(H,11,13)/t8-/m0/s1. The molecule has 0 aliphatic carbocycles. The van der Waals surface area contributed by atoms with E-state index in [0.29, 0.717) is 0 Å². The van der Waals surface area contributed by atoms with Crippen molar-refractivity contribution in [3.05, 3.63) is 0 Å². The molecule has 0 aromatic rings. The normalized spacial score (nSPS) is 12.8. The van der Waals surface area contributed by atoms with E-state index in [4.69, 9.17) is 4.74 Å². The molecule has 0 heterocycles. The molecule has 1 N–H and O–H groups in total. The predicted octanol–water partition coefficient (Wildman–Crippen LogP) is 1.73. The molecule has 4 heteroatoms. The second-order valence-corrected chi connectivity index (χ2v) is 3.88. The van der Waals surface area contributed by atoms with E-state index >= 15 is 0 Å². The van der Waals surface area contributed by atoms with Gasteiger partial charge in [-0.15, -0.1) is 0 Å². The van der Waals surface area contributed by atoms with Crippen LogP contribution in [0.3, 0.4) is 0 Å². The predicted molar refractivity (Wildman–Crippen MR) is 54.1 cm³/mol. The molecule has 0 saturated carbocycles. The smallest absolute Gasteiger partial charge is 0.407 e. The number of ether oxygens (including phenoxy) is 1. The van der Waals surface area contributed by atoms with Gasteiger partial charge in [0.2, 0.25) is 0 Å². The molecular weight excluding hydrogens is 182 g/mol. The maximum atomic E-state index is 11.4. The van der Waals surface area contributed by atoms with Gasteiger partial charge in [0.05, 0.1) is 12.1 Å². The van der Waals surface area contributed by atoms with Crippen LogP contribution in [0.5, 0.6) is 0 Å². The monoisotopic (exact) mass is 201 g/mol. The summed E-state index contributed by atoms with van der Waals surface area (Å²) in [6, 6.07) is -0.485. The Morgan fingerprint density at radius 1 is 1.07 bits per heavy atom. The van der Waals surface area contributed by atoms with Crippen molar-refractivity contribution in [1.82, 2.24) is 5.32 Å². The molecule has 14 heavy (non-hydrogen) atoms. The largest absolute Gasteiger partial charge is 0.447 e. The third-order valence-electron chi connectivity index (χ3n) is 1.67. The lowest BCUT2D eigenvalue weighted by molar-refractivity contribution is -0.123. The lowest BCUT2D eigenvalue weighted by Crippen LogP contribution is -2.41. The van der Waals surface area contributed by atoms with Gasteiger partial charge in [-0.05, 0) is 20.8 Å². The first-order valence-electron chi connectivity index (χ1n) is 4.85. The van der Waals surface area contributed by atoms with E-state index < -0.39 is 12.1 Å². The molecule has 4 nitrogen and oxygen atoms in total. The SMILES string of the molecule is CC(C)OC(=O)N[C@@H](C)C(=O)C(C)C. The van der Waals surface area contributed by atoms with Crippen LogP contribution in [0.25, 0.3) is 0 Å². The molecule has 0 aliphatic rings. The second kappa shape index (κ2) is 5.62. The summed E-state index contributed by atoms with van der Waals surface area (Å²) in [6.07, 6.45) is -0.710. The topological polar surface area (TPSA) is 55.4 Å². The van der Waals surface area contributed by atoms with E-state index in [1.165, 1.54) is 0 Å². The molecule has 0 unspecified atom stereocenters. The van der Waals surface area contributed by atoms with Gasteiger partial charge < -0.3 is 10.1 Å². The highest BCUT2D eigenvalue weighted by Gasteiger charge is 2.19. The second-order valence-electron chi connectivity index (χ2n) is 3.88. The third-order valence-corrected chi connectivity index (χ3v) is 1.67. The Morgan fingerprint density at radius 2 is 1.57 bits per heavy atom. The van der Waals surface area contributed by atoms with Crippen molar-refractivity contribution in [3.63, 3.8) is 0 Å². The fraction of sp³-hybridized carbons (Fsp3) is 0.800. The zero-order valence-electron chi connectivity index (χ0n) is 9.46. The minimum Gasteiger partial charge on any atom is -0.447 e. The lowest BCUT2D eigenvalue weighted by Gasteiger charge is -2.16. The first kappa shape index (κ1) is 12.9. The number of carbonyl (C=O) groups is 2. The quantitative estimate of drug-likeness (QED) is 0.753. The molecule has 0 aromatic carbocycles. The van der Waals surface area contributed by atoms with Crippen LogP contribution in [0.4, 0.5) is 4.79 Å². The van der Waals surface area contributed by atoms with Gasteiger partial charge in [0.1, 0.15) is 0 Å². The minimum absolute atomic E-state index is 0.00528. The van der Waals surface area contributed by atoms with Crippen LogP contribution in [0.2, 0.25) is 0 Å². The molecule has 0 fully saturated rings. The van der Waals surface area contributed by atoms with Crippen LogP contribution < -0.4 is 5.32 Å².